The minimum atomic E-state index is -0.909. The molecule has 1 amide bonds. The van der Waals surface area contributed by atoms with Crippen molar-refractivity contribution < 1.29 is 19.4 Å². The number of amides is 1. The normalized spacial score (nSPS) is 25.2. The quantitative estimate of drug-likeness (QED) is 0.930. The second-order valence-electron chi connectivity index (χ2n) is 6.03. The second kappa shape index (κ2) is 6.48. The maximum atomic E-state index is 12.7. The highest BCUT2D eigenvalue weighted by Gasteiger charge is 2.32. The summed E-state index contributed by atoms with van der Waals surface area (Å²) in [5.41, 5.74) is 1.68. The zero-order valence-corrected chi connectivity index (χ0v) is 12.5. The highest BCUT2D eigenvalue weighted by Crippen LogP contribution is 2.27. The fraction of sp³-hybridized carbons (Fsp3) is 0.529. The summed E-state index contributed by atoms with van der Waals surface area (Å²) in [7, 11) is 0. The number of carbonyl (C=O) groups is 2. The van der Waals surface area contributed by atoms with Crippen LogP contribution in [0.2, 0.25) is 0 Å². The number of piperidine rings is 1. The van der Waals surface area contributed by atoms with E-state index in [0.717, 1.165) is 31.4 Å². The minimum Gasteiger partial charge on any atom is -0.480 e. The number of carbonyl (C=O) groups excluding carboxylic acids is 1. The highest BCUT2D eigenvalue weighted by atomic mass is 16.5. The molecular weight excluding hydrogens is 282 g/mol. The van der Waals surface area contributed by atoms with Crippen molar-refractivity contribution >= 4 is 11.9 Å². The van der Waals surface area contributed by atoms with E-state index in [2.05, 4.69) is 0 Å². The van der Waals surface area contributed by atoms with Crippen LogP contribution in [0.15, 0.2) is 24.3 Å². The van der Waals surface area contributed by atoms with Gasteiger partial charge in [0.15, 0.2) is 0 Å². The lowest BCUT2D eigenvalue weighted by Gasteiger charge is -2.33. The van der Waals surface area contributed by atoms with Gasteiger partial charge in [-0.1, -0.05) is 12.1 Å². The Morgan fingerprint density at radius 3 is 2.82 bits per heavy atom. The number of aliphatic carboxylic acids is 1. The number of carboxylic acids is 1. The summed E-state index contributed by atoms with van der Waals surface area (Å²) in [4.78, 5) is 25.6. The maximum Gasteiger partial charge on any atom is 0.326 e. The van der Waals surface area contributed by atoms with Crippen molar-refractivity contribution in [3.05, 3.63) is 35.4 Å². The third-order valence-electron chi connectivity index (χ3n) is 4.58. The largest absolute Gasteiger partial charge is 0.480 e. The van der Waals surface area contributed by atoms with E-state index in [4.69, 9.17) is 4.74 Å². The molecule has 0 aromatic heterocycles. The highest BCUT2D eigenvalue weighted by molar-refractivity contribution is 5.96. The Balaban J connectivity index is 1.81. The lowest BCUT2D eigenvalue weighted by molar-refractivity contribution is -0.143. The van der Waals surface area contributed by atoms with Gasteiger partial charge in [-0.15, -0.1) is 0 Å². The summed E-state index contributed by atoms with van der Waals surface area (Å²) in [6.07, 6.45) is 3.24. The van der Waals surface area contributed by atoms with Crippen LogP contribution in [0.25, 0.3) is 0 Å². The molecule has 3 rings (SSSR count). The fourth-order valence-electron chi connectivity index (χ4n) is 3.32. The van der Waals surface area contributed by atoms with E-state index < -0.39 is 12.0 Å². The Kier molecular flexibility index (Phi) is 4.43. The number of hydrogen-bond acceptors (Lipinski definition) is 3. The molecule has 1 aromatic carbocycles. The van der Waals surface area contributed by atoms with Gasteiger partial charge in [0.1, 0.15) is 6.04 Å². The molecule has 118 valence electrons. The Labute approximate surface area is 129 Å². The van der Waals surface area contributed by atoms with E-state index in [1.54, 1.807) is 6.07 Å². The van der Waals surface area contributed by atoms with Gasteiger partial charge in [0.2, 0.25) is 0 Å². The van der Waals surface area contributed by atoms with Crippen molar-refractivity contribution in [3.63, 3.8) is 0 Å². The Morgan fingerprint density at radius 2 is 2.09 bits per heavy atom. The number of rotatable bonds is 3. The van der Waals surface area contributed by atoms with Crippen molar-refractivity contribution in [1.29, 1.82) is 0 Å². The third-order valence-corrected chi connectivity index (χ3v) is 4.58. The Hall–Kier alpha value is -1.88. The number of nitrogens with zero attached hydrogens (tertiary/aromatic N) is 1. The molecule has 2 aliphatic heterocycles. The van der Waals surface area contributed by atoms with E-state index in [1.165, 1.54) is 4.90 Å². The number of hydrogen-bond donors (Lipinski definition) is 1. The molecule has 5 heteroatoms. The first-order valence-electron chi connectivity index (χ1n) is 7.88. The average molecular weight is 303 g/mol. The van der Waals surface area contributed by atoms with E-state index >= 15 is 0 Å². The van der Waals surface area contributed by atoms with Gasteiger partial charge in [0.05, 0.1) is 6.61 Å². The van der Waals surface area contributed by atoms with Crippen LogP contribution < -0.4 is 0 Å². The lowest BCUT2D eigenvalue weighted by atomic mass is 9.95. The standard InChI is InChI=1S/C17H21NO4/c19-16(18-8-2-1-6-15(18)17(20)21)13-5-3-4-12(10-13)14-7-9-22-11-14/h3-5,10,14-15H,1-2,6-9,11H2,(H,20,21)/t14?,15-/m1/s1. The molecule has 0 radical (unpaired) electrons. The summed E-state index contributed by atoms with van der Waals surface area (Å²) in [5.74, 6) is -0.745. The average Bonchev–Trinajstić information content (AvgIpc) is 3.09. The van der Waals surface area contributed by atoms with E-state index in [-0.39, 0.29) is 5.91 Å². The first-order chi connectivity index (χ1) is 10.7. The number of carboxylic acid groups (broad SMARTS) is 1. The molecule has 1 N–H and O–H groups in total. The number of benzene rings is 1. The molecule has 0 aliphatic carbocycles. The summed E-state index contributed by atoms with van der Waals surface area (Å²) >= 11 is 0. The molecule has 2 atom stereocenters. The summed E-state index contributed by atoms with van der Waals surface area (Å²) in [5, 5.41) is 9.32. The first-order valence-corrected chi connectivity index (χ1v) is 7.88. The van der Waals surface area contributed by atoms with E-state index in [9.17, 15) is 14.7 Å². The van der Waals surface area contributed by atoms with Crippen molar-refractivity contribution in [2.24, 2.45) is 0 Å². The van der Waals surface area contributed by atoms with E-state index in [1.807, 2.05) is 18.2 Å². The SMILES string of the molecule is O=C(O)[C@H]1CCCCN1C(=O)c1cccc(C2CCOC2)c1. The van der Waals surface area contributed by atoms with Gasteiger partial charge in [-0.3, -0.25) is 4.79 Å². The molecule has 0 saturated carbocycles. The molecule has 5 nitrogen and oxygen atoms in total. The molecular formula is C17H21NO4. The van der Waals surface area contributed by atoms with Crippen molar-refractivity contribution in [2.75, 3.05) is 19.8 Å². The molecule has 1 aromatic rings. The van der Waals surface area contributed by atoms with E-state index in [0.29, 0.717) is 31.1 Å². The predicted octanol–water partition coefficient (Wildman–Crippen LogP) is 2.27. The van der Waals surface area contributed by atoms with Crippen LogP contribution in [0.1, 0.15) is 47.5 Å². The Bertz CT molecular complexity index is 566. The van der Waals surface area contributed by atoms with Gasteiger partial charge in [0.25, 0.3) is 5.91 Å². The first kappa shape index (κ1) is 15.0. The van der Waals surface area contributed by atoms with Crippen LogP contribution in [-0.4, -0.2) is 47.7 Å². The predicted molar refractivity (Wildman–Crippen MR) is 80.9 cm³/mol. The van der Waals surface area contributed by atoms with Gasteiger partial charge in [-0.2, -0.15) is 0 Å². The van der Waals surface area contributed by atoms with Gasteiger partial charge in [-0.25, -0.2) is 4.79 Å². The second-order valence-corrected chi connectivity index (χ2v) is 6.03. The minimum absolute atomic E-state index is 0.173. The van der Waals surface area contributed by atoms with Crippen molar-refractivity contribution in [3.8, 4) is 0 Å². The van der Waals surface area contributed by atoms with Crippen LogP contribution in [0.3, 0.4) is 0 Å². The van der Waals surface area contributed by atoms with Crippen LogP contribution in [0.4, 0.5) is 0 Å². The zero-order valence-electron chi connectivity index (χ0n) is 12.5. The molecule has 2 saturated heterocycles. The fourth-order valence-corrected chi connectivity index (χ4v) is 3.32. The van der Waals surface area contributed by atoms with Gasteiger partial charge < -0.3 is 14.7 Å². The molecule has 22 heavy (non-hydrogen) atoms. The molecule has 0 bridgehead atoms. The topological polar surface area (TPSA) is 66.8 Å². The summed E-state index contributed by atoms with van der Waals surface area (Å²) < 4.78 is 5.40. The van der Waals surface area contributed by atoms with Crippen LogP contribution in [0, 0.1) is 0 Å². The zero-order chi connectivity index (χ0) is 15.5. The monoisotopic (exact) mass is 303 g/mol. The molecule has 0 spiro atoms. The number of likely N-dealkylation sites (tertiary alicyclic amines) is 1. The molecule has 1 unspecified atom stereocenters. The van der Waals surface area contributed by atoms with Crippen LogP contribution in [-0.2, 0) is 9.53 Å². The maximum absolute atomic E-state index is 12.7. The van der Waals surface area contributed by atoms with Gasteiger partial charge in [0, 0.05) is 24.6 Å². The van der Waals surface area contributed by atoms with Crippen LogP contribution >= 0.6 is 0 Å². The smallest absolute Gasteiger partial charge is 0.326 e. The van der Waals surface area contributed by atoms with Gasteiger partial charge in [-0.05, 0) is 43.4 Å². The lowest BCUT2D eigenvalue weighted by Crippen LogP contribution is -2.48. The van der Waals surface area contributed by atoms with Gasteiger partial charge >= 0.3 is 5.97 Å². The Morgan fingerprint density at radius 1 is 1.23 bits per heavy atom. The van der Waals surface area contributed by atoms with Crippen molar-refractivity contribution in [2.45, 2.75) is 37.6 Å². The van der Waals surface area contributed by atoms with Crippen molar-refractivity contribution in [1.82, 2.24) is 4.90 Å². The molecule has 2 fully saturated rings. The summed E-state index contributed by atoms with van der Waals surface area (Å²) in [6.45, 7) is 1.97. The molecule has 2 aliphatic rings. The molecule has 2 heterocycles. The third kappa shape index (κ3) is 2.99. The number of ether oxygens (including phenoxy) is 1. The summed E-state index contributed by atoms with van der Waals surface area (Å²) in [6, 6.07) is 6.87. The van der Waals surface area contributed by atoms with Crippen LogP contribution in [0.5, 0.6) is 0 Å².